The van der Waals surface area contributed by atoms with E-state index < -0.39 is 5.97 Å². The van der Waals surface area contributed by atoms with Crippen LogP contribution in [0.5, 0.6) is 17.2 Å². The quantitative estimate of drug-likeness (QED) is 0.179. The minimum Gasteiger partial charge on any atom is -0.493 e. The molecule has 10 heteroatoms. The fourth-order valence-corrected chi connectivity index (χ4v) is 5.35. The van der Waals surface area contributed by atoms with Gasteiger partial charge in [-0.2, -0.15) is 0 Å². The first-order chi connectivity index (χ1) is 17.7. The number of nitrogens with one attached hydrogen (secondary N) is 1. The number of anilines is 1. The van der Waals surface area contributed by atoms with E-state index in [4.69, 9.17) is 30.5 Å². The van der Waals surface area contributed by atoms with E-state index in [0.717, 1.165) is 21.2 Å². The number of amides is 1. The second-order valence-electron chi connectivity index (χ2n) is 8.09. The number of carbonyl (C=O) groups excluding carboxylic acids is 2. The van der Waals surface area contributed by atoms with Gasteiger partial charge in [-0.1, -0.05) is 17.7 Å². The zero-order valence-corrected chi connectivity index (χ0v) is 24.5. The van der Waals surface area contributed by atoms with Gasteiger partial charge in [0.1, 0.15) is 16.3 Å². The van der Waals surface area contributed by atoms with E-state index in [-0.39, 0.29) is 18.9 Å². The lowest BCUT2D eigenvalue weighted by Gasteiger charge is -2.13. The molecule has 37 heavy (non-hydrogen) atoms. The molecule has 1 heterocycles. The predicted molar refractivity (Wildman–Crippen MR) is 151 cm³/mol. The van der Waals surface area contributed by atoms with Crippen LogP contribution in [0.4, 0.5) is 5.00 Å². The molecule has 0 aliphatic carbocycles. The number of carbonyl (C=O) groups is 2. The van der Waals surface area contributed by atoms with Crippen molar-refractivity contribution < 1.29 is 28.5 Å². The highest BCUT2D eigenvalue weighted by molar-refractivity contribution is 9.10. The average molecular weight is 611 g/mol. The number of rotatable bonds is 11. The Balaban J connectivity index is 1.71. The van der Waals surface area contributed by atoms with Gasteiger partial charge < -0.3 is 24.3 Å². The van der Waals surface area contributed by atoms with Crippen LogP contribution in [-0.2, 0) is 9.53 Å². The summed E-state index contributed by atoms with van der Waals surface area (Å²) < 4.78 is 22.7. The molecule has 3 rings (SSSR count). The minimum atomic E-state index is -0.509. The molecule has 0 saturated carbocycles. The average Bonchev–Trinajstić information content (AvgIpc) is 3.31. The number of methoxy groups -OCH3 is 2. The minimum absolute atomic E-state index is 0.212. The second kappa shape index (κ2) is 13.2. The van der Waals surface area contributed by atoms with Gasteiger partial charge in [0, 0.05) is 22.4 Å². The third-order valence-corrected chi connectivity index (χ3v) is 8.05. The molecule has 2 aromatic carbocycles. The summed E-state index contributed by atoms with van der Waals surface area (Å²) in [5.41, 5.74) is 3.51. The Hall–Kier alpha value is -2.75. The van der Waals surface area contributed by atoms with Gasteiger partial charge in [-0.3, -0.25) is 4.79 Å². The largest absolute Gasteiger partial charge is 0.493 e. The summed E-state index contributed by atoms with van der Waals surface area (Å²) in [6, 6.07) is 7.24. The molecule has 3 aromatic rings. The Bertz CT molecular complexity index is 1290. The Labute approximate surface area is 234 Å². The first-order valence-electron chi connectivity index (χ1n) is 11.6. The van der Waals surface area contributed by atoms with Gasteiger partial charge in [0.15, 0.2) is 11.5 Å². The summed E-state index contributed by atoms with van der Waals surface area (Å²) in [5.74, 6) is 1.06. The van der Waals surface area contributed by atoms with Gasteiger partial charge in [0.05, 0.1) is 31.9 Å². The van der Waals surface area contributed by atoms with Crippen molar-refractivity contribution in [3.8, 4) is 28.4 Å². The van der Waals surface area contributed by atoms with Crippen LogP contribution >= 0.6 is 38.9 Å². The van der Waals surface area contributed by atoms with Gasteiger partial charge >= 0.3 is 5.97 Å². The third kappa shape index (κ3) is 6.77. The SMILES string of the molecule is CCOC(=O)c1c(-c2ccc(OC)c(OC)c2)csc1NC(=O)CCCOc1cc(C)c(Cl)c(C)c1Br. The Kier molecular flexibility index (Phi) is 10.3. The fourth-order valence-electron chi connectivity index (χ4n) is 3.68. The van der Waals surface area contributed by atoms with Crippen molar-refractivity contribution in [1.29, 1.82) is 0 Å². The summed E-state index contributed by atoms with van der Waals surface area (Å²) in [7, 11) is 3.10. The predicted octanol–water partition coefficient (Wildman–Crippen LogP) is 7.44. The molecule has 1 aromatic heterocycles. The summed E-state index contributed by atoms with van der Waals surface area (Å²) in [4.78, 5) is 25.6. The highest BCUT2D eigenvalue weighted by atomic mass is 79.9. The number of hydrogen-bond acceptors (Lipinski definition) is 7. The molecule has 0 aliphatic rings. The van der Waals surface area contributed by atoms with E-state index in [1.54, 1.807) is 33.3 Å². The molecule has 0 unspecified atom stereocenters. The second-order valence-corrected chi connectivity index (χ2v) is 10.1. The van der Waals surface area contributed by atoms with Crippen LogP contribution in [0.3, 0.4) is 0 Å². The lowest BCUT2D eigenvalue weighted by atomic mass is 10.0. The van der Waals surface area contributed by atoms with Crippen LogP contribution in [0.2, 0.25) is 5.02 Å². The molecular formula is C27H29BrClNO6S. The molecule has 0 saturated heterocycles. The molecule has 198 valence electrons. The first kappa shape index (κ1) is 28.8. The van der Waals surface area contributed by atoms with Gasteiger partial charge in [-0.05, 0) is 78.0 Å². The summed E-state index contributed by atoms with van der Waals surface area (Å²) in [6.45, 7) is 6.13. The number of aryl methyl sites for hydroxylation is 1. The number of ether oxygens (including phenoxy) is 4. The Morgan fingerprint density at radius 3 is 2.49 bits per heavy atom. The maximum atomic E-state index is 12.9. The van der Waals surface area contributed by atoms with E-state index in [9.17, 15) is 9.59 Å². The molecule has 0 radical (unpaired) electrons. The maximum Gasteiger partial charge on any atom is 0.341 e. The van der Waals surface area contributed by atoms with Crippen molar-refractivity contribution in [1.82, 2.24) is 0 Å². The van der Waals surface area contributed by atoms with Crippen LogP contribution in [0.1, 0.15) is 41.3 Å². The van der Waals surface area contributed by atoms with Gasteiger partial charge in [0.25, 0.3) is 0 Å². The van der Waals surface area contributed by atoms with Crippen LogP contribution < -0.4 is 19.5 Å². The Morgan fingerprint density at radius 1 is 1.08 bits per heavy atom. The maximum absolute atomic E-state index is 12.9. The zero-order valence-electron chi connectivity index (χ0n) is 21.3. The first-order valence-corrected chi connectivity index (χ1v) is 13.7. The van der Waals surface area contributed by atoms with Crippen molar-refractivity contribution in [2.24, 2.45) is 0 Å². The zero-order chi connectivity index (χ0) is 27.1. The van der Waals surface area contributed by atoms with E-state index in [1.807, 2.05) is 31.4 Å². The van der Waals surface area contributed by atoms with E-state index in [1.165, 1.54) is 11.3 Å². The molecule has 7 nitrogen and oxygen atoms in total. The van der Waals surface area contributed by atoms with E-state index in [0.29, 0.717) is 51.4 Å². The monoisotopic (exact) mass is 609 g/mol. The number of benzene rings is 2. The summed E-state index contributed by atoms with van der Waals surface area (Å²) in [6.07, 6.45) is 0.705. The smallest absolute Gasteiger partial charge is 0.341 e. The van der Waals surface area contributed by atoms with Crippen molar-refractivity contribution in [2.45, 2.75) is 33.6 Å². The van der Waals surface area contributed by atoms with Crippen molar-refractivity contribution in [3.63, 3.8) is 0 Å². The third-order valence-electron chi connectivity index (χ3n) is 5.59. The van der Waals surface area contributed by atoms with E-state index in [2.05, 4.69) is 21.2 Å². The van der Waals surface area contributed by atoms with Crippen molar-refractivity contribution >= 4 is 55.7 Å². The molecule has 1 N–H and O–H groups in total. The van der Waals surface area contributed by atoms with Crippen molar-refractivity contribution in [2.75, 3.05) is 32.8 Å². The molecular weight excluding hydrogens is 582 g/mol. The number of thiophene rings is 1. The molecule has 0 spiro atoms. The van der Waals surface area contributed by atoms with Crippen LogP contribution in [-0.4, -0.2) is 39.3 Å². The molecule has 0 fully saturated rings. The highest BCUT2D eigenvalue weighted by Gasteiger charge is 2.23. The van der Waals surface area contributed by atoms with Gasteiger partial charge in [-0.25, -0.2) is 4.79 Å². The number of hydrogen-bond donors (Lipinski definition) is 1. The van der Waals surface area contributed by atoms with Crippen LogP contribution in [0, 0.1) is 13.8 Å². The lowest BCUT2D eigenvalue weighted by molar-refractivity contribution is -0.116. The normalized spacial score (nSPS) is 10.7. The fraction of sp³-hybridized carbons (Fsp3) is 0.333. The van der Waals surface area contributed by atoms with Gasteiger partial charge in [0.2, 0.25) is 5.91 Å². The van der Waals surface area contributed by atoms with Crippen molar-refractivity contribution in [3.05, 3.63) is 55.8 Å². The number of esters is 1. The molecule has 0 bridgehead atoms. The molecule has 0 aliphatic heterocycles. The topological polar surface area (TPSA) is 83.1 Å². The number of halogens is 2. The van der Waals surface area contributed by atoms with Gasteiger partial charge in [-0.15, -0.1) is 11.3 Å². The highest BCUT2D eigenvalue weighted by Crippen LogP contribution is 2.40. The summed E-state index contributed by atoms with van der Waals surface area (Å²) >= 11 is 11.1. The van der Waals surface area contributed by atoms with Crippen LogP contribution in [0.25, 0.3) is 11.1 Å². The van der Waals surface area contributed by atoms with Crippen LogP contribution in [0.15, 0.2) is 34.1 Å². The summed E-state index contributed by atoms with van der Waals surface area (Å²) in [5, 5.41) is 5.81. The lowest BCUT2D eigenvalue weighted by Crippen LogP contribution is -2.15. The Morgan fingerprint density at radius 2 is 1.81 bits per heavy atom. The molecule has 1 amide bonds. The molecule has 0 atom stereocenters. The standard InChI is InChI=1S/C27H29BrClNO6S/c1-6-35-27(32)23-18(17-9-10-19(33-4)20(13-17)34-5)14-37-26(23)30-22(31)8-7-11-36-21-12-15(2)25(29)16(3)24(21)28/h9-10,12-14H,6-8,11H2,1-5H3,(H,30,31). The van der Waals surface area contributed by atoms with E-state index >= 15 is 0 Å².